The predicted octanol–water partition coefficient (Wildman–Crippen LogP) is 3.34. The zero-order chi connectivity index (χ0) is 16.7. The first-order chi connectivity index (χ1) is 10.4. The number of ether oxygens (including phenoxy) is 3. The van der Waals surface area contributed by atoms with E-state index in [2.05, 4.69) is 0 Å². The molecule has 0 aliphatic heterocycles. The summed E-state index contributed by atoms with van der Waals surface area (Å²) >= 11 is 0. The monoisotopic (exact) mass is 303 g/mol. The van der Waals surface area contributed by atoms with Gasteiger partial charge in [-0.1, -0.05) is 12.1 Å². The van der Waals surface area contributed by atoms with Gasteiger partial charge in [0.25, 0.3) is 0 Å². The molecule has 0 amide bonds. The molecule has 0 fully saturated rings. The van der Waals surface area contributed by atoms with Gasteiger partial charge in [-0.3, -0.25) is 0 Å². The molecule has 0 saturated heterocycles. The van der Waals surface area contributed by atoms with Crippen molar-refractivity contribution < 1.29 is 19.0 Å². The molecule has 0 aliphatic carbocycles. The molecule has 0 unspecified atom stereocenters. The lowest BCUT2D eigenvalue weighted by atomic mass is 10.1. The van der Waals surface area contributed by atoms with Crippen LogP contribution in [0.25, 0.3) is 6.08 Å². The van der Waals surface area contributed by atoms with Crippen LogP contribution in [0.3, 0.4) is 0 Å². The fraction of sp³-hybridized carbons (Fsp3) is 0.412. The number of para-hydroxylation sites is 1. The van der Waals surface area contributed by atoms with Crippen LogP contribution in [-0.4, -0.2) is 25.3 Å². The van der Waals surface area contributed by atoms with E-state index in [-0.39, 0.29) is 17.8 Å². The van der Waals surface area contributed by atoms with E-state index in [0.717, 1.165) is 0 Å². The molecule has 1 rings (SSSR count). The number of benzene rings is 1. The minimum absolute atomic E-state index is 0.0726. The standard InChI is InChI=1S/C17H21NO4/c1-11(2)21-16-13(7-6-8-15(16)20-5)9-14(10-18)17(19)22-12(3)4/h6-9,11-12H,1-5H3/b14-9+. The molecule has 0 heterocycles. The van der Waals surface area contributed by atoms with E-state index in [1.54, 1.807) is 32.0 Å². The SMILES string of the molecule is COc1cccc(/C=C(\C#N)C(=O)OC(C)C)c1OC(C)C. The first-order valence-electron chi connectivity index (χ1n) is 7.05. The van der Waals surface area contributed by atoms with Crippen molar-refractivity contribution in [1.29, 1.82) is 5.26 Å². The number of methoxy groups -OCH3 is 1. The Morgan fingerprint density at radius 2 is 1.91 bits per heavy atom. The fourth-order valence-electron chi connectivity index (χ4n) is 1.74. The van der Waals surface area contributed by atoms with Gasteiger partial charge in [-0.15, -0.1) is 0 Å². The Bertz CT molecular complexity index is 597. The van der Waals surface area contributed by atoms with E-state index in [4.69, 9.17) is 14.2 Å². The van der Waals surface area contributed by atoms with E-state index < -0.39 is 5.97 Å². The van der Waals surface area contributed by atoms with E-state index in [1.807, 2.05) is 19.9 Å². The molecule has 0 aliphatic rings. The van der Waals surface area contributed by atoms with E-state index >= 15 is 0 Å². The van der Waals surface area contributed by atoms with Crippen molar-refractivity contribution in [2.24, 2.45) is 0 Å². The summed E-state index contributed by atoms with van der Waals surface area (Å²) in [6.07, 6.45) is 1.09. The second-order valence-electron chi connectivity index (χ2n) is 5.17. The van der Waals surface area contributed by atoms with Crippen LogP contribution in [0.1, 0.15) is 33.3 Å². The maximum absolute atomic E-state index is 11.9. The maximum Gasteiger partial charge on any atom is 0.349 e. The Labute approximate surface area is 131 Å². The molecular formula is C17H21NO4. The fourth-order valence-corrected chi connectivity index (χ4v) is 1.74. The molecule has 0 N–H and O–H groups in total. The maximum atomic E-state index is 11.9. The van der Waals surface area contributed by atoms with Crippen LogP contribution < -0.4 is 9.47 Å². The van der Waals surface area contributed by atoms with Crippen LogP contribution in [0.2, 0.25) is 0 Å². The first kappa shape index (κ1) is 17.6. The highest BCUT2D eigenvalue weighted by Crippen LogP contribution is 2.33. The average molecular weight is 303 g/mol. The van der Waals surface area contributed by atoms with Crippen LogP contribution in [0.5, 0.6) is 11.5 Å². The zero-order valence-corrected chi connectivity index (χ0v) is 13.5. The molecule has 118 valence electrons. The van der Waals surface area contributed by atoms with Crippen molar-refractivity contribution in [1.82, 2.24) is 0 Å². The third-order valence-corrected chi connectivity index (χ3v) is 2.57. The minimum atomic E-state index is -0.657. The second-order valence-corrected chi connectivity index (χ2v) is 5.17. The molecule has 0 spiro atoms. The van der Waals surface area contributed by atoms with Gasteiger partial charge in [-0.2, -0.15) is 5.26 Å². The molecule has 22 heavy (non-hydrogen) atoms. The molecule has 5 nitrogen and oxygen atoms in total. The van der Waals surface area contributed by atoms with Crippen LogP contribution in [0, 0.1) is 11.3 Å². The van der Waals surface area contributed by atoms with Crippen LogP contribution in [0.4, 0.5) is 0 Å². The van der Waals surface area contributed by atoms with Crippen LogP contribution >= 0.6 is 0 Å². The third kappa shape index (κ3) is 4.81. The Kier molecular flexibility index (Phi) is 6.46. The van der Waals surface area contributed by atoms with E-state index in [0.29, 0.717) is 17.1 Å². The Hall–Kier alpha value is -2.48. The number of rotatable bonds is 6. The molecule has 0 saturated carbocycles. The number of nitrogens with zero attached hydrogens (tertiary/aromatic N) is 1. The summed E-state index contributed by atoms with van der Waals surface area (Å²) in [6.45, 7) is 7.23. The topological polar surface area (TPSA) is 68.5 Å². The molecule has 0 atom stereocenters. The Morgan fingerprint density at radius 3 is 2.41 bits per heavy atom. The smallest absolute Gasteiger partial charge is 0.349 e. The minimum Gasteiger partial charge on any atom is -0.493 e. The summed E-state index contributed by atoms with van der Waals surface area (Å²) in [4.78, 5) is 11.9. The van der Waals surface area contributed by atoms with Gasteiger partial charge in [0.1, 0.15) is 11.6 Å². The average Bonchev–Trinajstić information content (AvgIpc) is 2.44. The van der Waals surface area contributed by atoms with Crippen molar-refractivity contribution in [3.63, 3.8) is 0 Å². The van der Waals surface area contributed by atoms with E-state index in [9.17, 15) is 10.1 Å². The lowest BCUT2D eigenvalue weighted by Gasteiger charge is -2.16. The van der Waals surface area contributed by atoms with Gasteiger partial charge in [-0.25, -0.2) is 4.79 Å². The predicted molar refractivity (Wildman–Crippen MR) is 83.6 cm³/mol. The quantitative estimate of drug-likeness (QED) is 0.458. The van der Waals surface area contributed by atoms with Gasteiger partial charge in [-0.05, 0) is 39.8 Å². The summed E-state index contributed by atoms with van der Waals surface area (Å²) in [5, 5.41) is 9.18. The number of nitriles is 1. The molecular weight excluding hydrogens is 282 g/mol. The van der Waals surface area contributed by atoms with Gasteiger partial charge in [0.2, 0.25) is 0 Å². The summed E-state index contributed by atoms with van der Waals surface area (Å²) in [7, 11) is 1.54. The molecule has 5 heteroatoms. The normalized spacial score (nSPS) is 11.3. The van der Waals surface area contributed by atoms with Gasteiger partial charge in [0.05, 0.1) is 19.3 Å². The highest BCUT2D eigenvalue weighted by Gasteiger charge is 2.16. The van der Waals surface area contributed by atoms with Gasteiger partial charge in [0, 0.05) is 5.56 Å². The van der Waals surface area contributed by atoms with Crippen molar-refractivity contribution >= 4 is 12.0 Å². The van der Waals surface area contributed by atoms with Crippen LogP contribution in [-0.2, 0) is 9.53 Å². The second kappa shape index (κ2) is 8.08. The molecule has 0 aromatic heterocycles. The third-order valence-electron chi connectivity index (χ3n) is 2.57. The van der Waals surface area contributed by atoms with Crippen molar-refractivity contribution in [3.05, 3.63) is 29.3 Å². The van der Waals surface area contributed by atoms with Crippen LogP contribution in [0.15, 0.2) is 23.8 Å². The van der Waals surface area contributed by atoms with Gasteiger partial charge < -0.3 is 14.2 Å². The Morgan fingerprint density at radius 1 is 1.23 bits per heavy atom. The summed E-state index contributed by atoms with van der Waals surface area (Å²) < 4.78 is 16.1. The number of esters is 1. The van der Waals surface area contributed by atoms with Gasteiger partial charge in [0.15, 0.2) is 11.5 Å². The molecule has 1 aromatic carbocycles. The number of hydrogen-bond donors (Lipinski definition) is 0. The number of hydrogen-bond acceptors (Lipinski definition) is 5. The number of carbonyl (C=O) groups excluding carboxylic acids is 1. The highest BCUT2D eigenvalue weighted by molar-refractivity contribution is 5.98. The summed E-state index contributed by atoms with van der Waals surface area (Å²) in [5.74, 6) is 0.373. The van der Waals surface area contributed by atoms with Crippen molar-refractivity contribution in [2.75, 3.05) is 7.11 Å². The molecule has 0 radical (unpaired) electrons. The lowest BCUT2D eigenvalue weighted by Crippen LogP contribution is -2.13. The van der Waals surface area contributed by atoms with Crippen molar-refractivity contribution in [3.8, 4) is 17.6 Å². The summed E-state index contributed by atoms with van der Waals surface area (Å²) in [6, 6.07) is 7.14. The highest BCUT2D eigenvalue weighted by atomic mass is 16.5. The Balaban J connectivity index is 3.27. The largest absolute Gasteiger partial charge is 0.493 e. The zero-order valence-electron chi connectivity index (χ0n) is 13.5. The number of carbonyl (C=O) groups is 1. The van der Waals surface area contributed by atoms with Crippen molar-refractivity contribution in [2.45, 2.75) is 39.9 Å². The first-order valence-corrected chi connectivity index (χ1v) is 7.05. The molecule has 0 bridgehead atoms. The van der Waals surface area contributed by atoms with Gasteiger partial charge >= 0.3 is 5.97 Å². The molecule has 1 aromatic rings. The van der Waals surface area contributed by atoms with E-state index in [1.165, 1.54) is 13.2 Å². The summed E-state index contributed by atoms with van der Waals surface area (Å²) in [5.41, 5.74) is 0.501. The lowest BCUT2D eigenvalue weighted by molar-refractivity contribution is -0.142.